The van der Waals surface area contributed by atoms with E-state index < -0.39 is 0 Å². The van der Waals surface area contributed by atoms with Gasteiger partial charge in [-0.25, -0.2) is 0 Å². The molecule has 0 spiro atoms. The van der Waals surface area contributed by atoms with Gasteiger partial charge in [-0.15, -0.1) is 11.6 Å². The minimum absolute atomic E-state index is 0.0323. The smallest absolute Gasteiger partial charge is 0.0847 e. The van der Waals surface area contributed by atoms with Crippen LogP contribution >= 0.6 is 23.2 Å². The maximum atomic E-state index is 6.32. The van der Waals surface area contributed by atoms with Crippen LogP contribution in [0.1, 0.15) is 24.7 Å². The minimum atomic E-state index is 0.0323. The van der Waals surface area contributed by atoms with E-state index in [2.05, 4.69) is 12.0 Å². The first-order chi connectivity index (χ1) is 8.12. The lowest BCUT2D eigenvalue weighted by Crippen LogP contribution is -2.27. The number of nitrogens with zero attached hydrogens (tertiary/aromatic N) is 2. The van der Waals surface area contributed by atoms with Crippen LogP contribution in [0.5, 0.6) is 0 Å². The van der Waals surface area contributed by atoms with Gasteiger partial charge in [-0.1, -0.05) is 11.6 Å². The second-order valence-electron chi connectivity index (χ2n) is 4.77. The van der Waals surface area contributed by atoms with E-state index in [4.69, 9.17) is 27.9 Å². The van der Waals surface area contributed by atoms with Gasteiger partial charge in [-0.3, -0.25) is 4.68 Å². The molecular weight excluding hydrogens is 259 g/mol. The number of hydrogen-bond donors (Lipinski definition) is 0. The predicted molar refractivity (Wildman–Crippen MR) is 69.9 cm³/mol. The number of halogens is 2. The quantitative estimate of drug-likeness (QED) is 0.791. The Morgan fingerprint density at radius 2 is 2.29 bits per heavy atom. The van der Waals surface area contributed by atoms with E-state index in [0.29, 0.717) is 5.88 Å². The standard InChI is InChI=1S/C12H18Cl2N2O/c1-3-16-10(11(14)9(2)15-16)6-12(7-13)4-5-17-8-12/h3-8H2,1-2H3. The third-order valence-electron chi connectivity index (χ3n) is 3.46. The summed E-state index contributed by atoms with van der Waals surface area (Å²) >= 11 is 12.4. The SMILES string of the molecule is CCn1nc(C)c(Cl)c1CC1(CCl)CCOC1. The summed E-state index contributed by atoms with van der Waals surface area (Å²) in [6.45, 7) is 6.37. The molecule has 96 valence electrons. The van der Waals surface area contributed by atoms with Crippen molar-refractivity contribution in [2.75, 3.05) is 19.1 Å². The first-order valence-electron chi connectivity index (χ1n) is 5.97. The highest BCUT2D eigenvalue weighted by Crippen LogP contribution is 2.36. The Balaban J connectivity index is 2.28. The molecule has 1 unspecified atom stereocenters. The van der Waals surface area contributed by atoms with Crippen molar-refractivity contribution in [2.24, 2.45) is 5.41 Å². The van der Waals surface area contributed by atoms with Gasteiger partial charge in [0.15, 0.2) is 0 Å². The number of hydrogen-bond acceptors (Lipinski definition) is 2. The zero-order valence-electron chi connectivity index (χ0n) is 10.3. The summed E-state index contributed by atoms with van der Waals surface area (Å²) in [5.74, 6) is 0.608. The molecule has 0 N–H and O–H groups in total. The van der Waals surface area contributed by atoms with Crippen molar-refractivity contribution >= 4 is 23.2 Å². The molecule has 1 aliphatic heterocycles. The summed E-state index contributed by atoms with van der Waals surface area (Å²) in [6.07, 6.45) is 1.85. The van der Waals surface area contributed by atoms with Gasteiger partial charge in [0, 0.05) is 24.4 Å². The van der Waals surface area contributed by atoms with Crippen LogP contribution in [0.3, 0.4) is 0 Å². The predicted octanol–water partition coefficient (Wildman–Crippen LogP) is 3.05. The highest BCUT2D eigenvalue weighted by molar-refractivity contribution is 6.31. The highest BCUT2D eigenvalue weighted by Gasteiger charge is 2.36. The zero-order chi connectivity index (χ0) is 12.5. The fourth-order valence-corrected chi connectivity index (χ4v) is 2.84. The molecule has 5 heteroatoms. The van der Waals surface area contributed by atoms with E-state index in [1.165, 1.54) is 0 Å². The Bertz CT molecular complexity index is 397. The van der Waals surface area contributed by atoms with E-state index in [-0.39, 0.29) is 5.41 Å². The zero-order valence-corrected chi connectivity index (χ0v) is 11.8. The molecule has 0 bridgehead atoms. The van der Waals surface area contributed by atoms with Crippen molar-refractivity contribution in [1.82, 2.24) is 9.78 Å². The van der Waals surface area contributed by atoms with Crippen LogP contribution in [0.25, 0.3) is 0 Å². The van der Waals surface area contributed by atoms with Gasteiger partial charge >= 0.3 is 0 Å². The molecule has 1 aliphatic rings. The summed E-state index contributed by atoms with van der Waals surface area (Å²) in [4.78, 5) is 0. The van der Waals surface area contributed by atoms with Crippen LogP contribution in [0, 0.1) is 12.3 Å². The molecule has 17 heavy (non-hydrogen) atoms. The molecule has 1 aromatic heterocycles. The van der Waals surface area contributed by atoms with Crippen molar-refractivity contribution in [1.29, 1.82) is 0 Å². The molecule has 0 amide bonds. The number of alkyl halides is 1. The maximum Gasteiger partial charge on any atom is 0.0847 e. The van der Waals surface area contributed by atoms with E-state index >= 15 is 0 Å². The average molecular weight is 277 g/mol. The van der Waals surface area contributed by atoms with Gasteiger partial charge in [0.05, 0.1) is 23.0 Å². The molecule has 1 atom stereocenters. The fourth-order valence-electron chi connectivity index (χ4n) is 2.33. The summed E-state index contributed by atoms with van der Waals surface area (Å²) in [6, 6.07) is 0. The van der Waals surface area contributed by atoms with E-state index in [9.17, 15) is 0 Å². The summed E-state index contributed by atoms with van der Waals surface area (Å²) < 4.78 is 7.46. The molecule has 2 rings (SSSR count). The second kappa shape index (κ2) is 5.17. The summed E-state index contributed by atoms with van der Waals surface area (Å²) in [7, 11) is 0. The molecule has 1 saturated heterocycles. The highest BCUT2D eigenvalue weighted by atomic mass is 35.5. The Kier molecular flexibility index (Phi) is 4.01. The van der Waals surface area contributed by atoms with Crippen molar-refractivity contribution < 1.29 is 4.74 Å². The molecule has 0 aliphatic carbocycles. The monoisotopic (exact) mass is 276 g/mol. The van der Waals surface area contributed by atoms with Crippen LogP contribution in [-0.2, 0) is 17.7 Å². The molecule has 2 heterocycles. The normalized spacial score (nSPS) is 24.5. The minimum Gasteiger partial charge on any atom is -0.381 e. The first kappa shape index (κ1) is 13.2. The average Bonchev–Trinajstić information content (AvgIpc) is 2.90. The number of aryl methyl sites for hydroxylation is 2. The second-order valence-corrected chi connectivity index (χ2v) is 5.42. The topological polar surface area (TPSA) is 27.1 Å². The van der Waals surface area contributed by atoms with Crippen LogP contribution in [0.2, 0.25) is 5.02 Å². The Labute approximate surface area is 112 Å². The van der Waals surface area contributed by atoms with Crippen molar-refractivity contribution in [3.05, 3.63) is 16.4 Å². The van der Waals surface area contributed by atoms with Gasteiger partial charge in [0.25, 0.3) is 0 Å². The van der Waals surface area contributed by atoms with E-state index in [0.717, 1.165) is 49.0 Å². The van der Waals surface area contributed by atoms with Crippen molar-refractivity contribution in [2.45, 2.75) is 33.2 Å². The van der Waals surface area contributed by atoms with Gasteiger partial charge in [0.2, 0.25) is 0 Å². The van der Waals surface area contributed by atoms with Crippen molar-refractivity contribution in [3.8, 4) is 0 Å². The largest absolute Gasteiger partial charge is 0.381 e. The Hall–Kier alpha value is -0.250. The Morgan fingerprint density at radius 3 is 2.82 bits per heavy atom. The number of rotatable bonds is 4. The molecule has 1 aromatic rings. The summed E-state index contributed by atoms with van der Waals surface area (Å²) in [5, 5.41) is 5.22. The van der Waals surface area contributed by atoms with Crippen LogP contribution < -0.4 is 0 Å². The van der Waals surface area contributed by atoms with Crippen LogP contribution in [-0.4, -0.2) is 28.9 Å². The fraction of sp³-hybridized carbons (Fsp3) is 0.750. The lowest BCUT2D eigenvalue weighted by molar-refractivity contribution is 0.160. The lowest BCUT2D eigenvalue weighted by atomic mass is 9.84. The molecule has 1 fully saturated rings. The lowest BCUT2D eigenvalue weighted by Gasteiger charge is -2.24. The van der Waals surface area contributed by atoms with E-state index in [1.54, 1.807) is 0 Å². The molecule has 0 saturated carbocycles. The first-order valence-corrected chi connectivity index (χ1v) is 6.88. The van der Waals surface area contributed by atoms with Gasteiger partial charge in [-0.05, 0) is 26.7 Å². The van der Waals surface area contributed by atoms with Gasteiger partial charge < -0.3 is 4.74 Å². The molecule has 3 nitrogen and oxygen atoms in total. The van der Waals surface area contributed by atoms with Gasteiger partial charge in [-0.2, -0.15) is 5.10 Å². The maximum absolute atomic E-state index is 6.32. The summed E-state index contributed by atoms with van der Waals surface area (Å²) in [5.41, 5.74) is 2.02. The number of aromatic nitrogens is 2. The number of ether oxygens (including phenoxy) is 1. The molecule has 0 aromatic carbocycles. The van der Waals surface area contributed by atoms with Gasteiger partial charge in [0.1, 0.15) is 0 Å². The van der Waals surface area contributed by atoms with E-state index in [1.807, 2.05) is 11.6 Å². The Morgan fingerprint density at radius 1 is 1.53 bits per heavy atom. The third kappa shape index (κ3) is 2.47. The van der Waals surface area contributed by atoms with Crippen molar-refractivity contribution in [3.63, 3.8) is 0 Å². The molecular formula is C12H18Cl2N2O. The third-order valence-corrected chi connectivity index (χ3v) is 4.52. The van der Waals surface area contributed by atoms with Crippen LogP contribution in [0.4, 0.5) is 0 Å². The molecule has 0 radical (unpaired) electrons. The van der Waals surface area contributed by atoms with Crippen LogP contribution in [0.15, 0.2) is 0 Å².